The van der Waals surface area contributed by atoms with Crippen LogP contribution in [0.5, 0.6) is 0 Å². The van der Waals surface area contributed by atoms with E-state index < -0.39 is 0 Å². The summed E-state index contributed by atoms with van der Waals surface area (Å²) in [5.74, 6) is 0. The van der Waals surface area contributed by atoms with Crippen LogP contribution in [-0.2, 0) is 0 Å². The molecule has 0 heterocycles. The summed E-state index contributed by atoms with van der Waals surface area (Å²) >= 11 is 0. The maximum Gasteiger partial charge on any atom is 0.0456 e. The van der Waals surface area contributed by atoms with Gasteiger partial charge in [-0.2, -0.15) is 0 Å². The number of rotatable bonds is 9. The monoisotopic (exact) mass is 184 g/mol. The zero-order chi connectivity index (χ0) is 9.78. The lowest BCUT2D eigenvalue weighted by atomic mass is 10.3. The summed E-state index contributed by atoms with van der Waals surface area (Å²) in [6.07, 6.45) is 9.41. The van der Waals surface area contributed by atoms with Crippen LogP contribution in [0.4, 0.5) is 0 Å². The SMILES string of the molecule is CCCC=CCNCNCCCC. The van der Waals surface area contributed by atoms with Crippen molar-refractivity contribution in [2.24, 2.45) is 0 Å². The molecule has 0 saturated carbocycles. The molecule has 0 aromatic rings. The van der Waals surface area contributed by atoms with Gasteiger partial charge in [0, 0.05) is 13.2 Å². The van der Waals surface area contributed by atoms with Gasteiger partial charge in [-0.3, -0.25) is 0 Å². The Morgan fingerprint density at radius 2 is 1.85 bits per heavy atom. The fraction of sp³-hybridized carbons (Fsp3) is 0.818. The van der Waals surface area contributed by atoms with Crippen molar-refractivity contribution in [3.05, 3.63) is 12.2 Å². The van der Waals surface area contributed by atoms with Crippen LogP contribution >= 0.6 is 0 Å². The van der Waals surface area contributed by atoms with Gasteiger partial charge in [-0.25, -0.2) is 0 Å². The molecule has 0 aliphatic rings. The molecule has 2 N–H and O–H groups in total. The van der Waals surface area contributed by atoms with Crippen LogP contribution in [0.2, 0.25) is 0 Å². The molecule has 78 valence electrons. The number of allylic oxidation sites excluding steroid dienone is 1. The highest BCUT2D eigenvalue weighted by molar-refractivity contribution is 4.82. The maximum atomic E-state index is 3.33. The summed E-state index contributed by atoms with van der Waals surface area (Å²) in [5, 5.41) is 6.64. The topological polar surface area (TPSA) is 24.1 Å². The molecule has 0 radical (unpaired) electrons. The summed E-state index contributed by atoms with van der Waals surface area (Å²) < 4.78 is 0. The van der Waals surface area contributed by atoms with Gasteiger partial charge in [0.15, 0.2) is 0 Å². The molecule has 0 aliphatic carbocycles. The molecule has 0 fully saturated rings. The zero-order valence-electron chi connectivity index (χ0n) is 9.10. The van der Waals surface area contributed by atoms with Gasteiger partial charge >= 0.3 is 0 Å². The first-order chi connectivity index (χ1) is 6.41. The first-order valence-corrected chi connectivity index (χ1v) is 5.48. The van der Waals surface area contributed by atoms with Crippen molar-refractivity contribution in [1.82, 2.24) is 10.6 Å². The standard InChI is InChI=1S/C11H24N2/c1-3-5-7-8-10-13-11-12-9-6-4-2/h7-8,12-13H,3-6,9-11H2,1-2H3. The fourth-order valence-corrected chi connectivity index (χ4v) is 1.00. The molecule has 0 spiro atoms. The van der Waals surface area contributed by atoms with E-state index in [-0.39, 0.29) is 0 Å². The average molecular weight is 184 g/mol. The predicted octanol–water partition coefficient (Wildman–Crippen LogP) is 2.28. The lowest BCUT2D eigenvalue weighted by molar-refractivity contribution is 0.587. The Bertz CT molecular complexity index is 111. The van der Waals surface area contributed by atoms with Crippen molar-refractivity contribution < 1.29 is 0 Å². The largest absolute Gasteiger partial charge is 0.304 e. The molecule has 0 bridgehead atoms. The van der Waals surface area contributed by atoms with Crippen LogP contribution < -0.4 is 10.6 Å². The Morgan fingerprint density at radius 3 is 2.54 bits per heavy atom. The van der Waals surface area contributed by atoms with E-state index in [0.717, 1.165) is 19.8 Å². The highest BCUT2D eigenvalue weighted by atomic mass is 15.0. The molecule has 2 heteroatoms. The minimum Gasteiger partial charge on any atom is -0.304 e. The van der Waals surface area contributed by atoms with Crippen molar-refractivity contribution >= 4 is 0 Å². The van der Waals surface area contributed by atoms with Crippen molar-refractivity contribution in [1.29, 1.82) is 0 Å². The molecule has 0 rings (SSSR count). The van der Waals surface area contributed by atoms with Crippen LogP contribution in [0.15, 0.2) is 12.2 Å². The molecule has 13 heavy (non-hydrogen) atoms. The van der Waals surface area contributed by atoms with Crippen LogP contribution in [0.25, 0.3) is 0 Å². The third-order valence-corrected chi connectivity index (χ3v) is 1.84. The highest BCUT2D eigenvalue weighted by Gasteiger charge is 1.83. The first kappa shape index (κ1) is 12.7. The van der Waals surface area contributed by atoms with Gasteiger partial charge in [0.1, 0.15) is 0 Å². The minimum atomic E-state index is 0.927. The Hall–Kier alpha value is -0.340. The molecule has 0 atom stereocenters. The molecule has 0 aliphatic heterocycles. The van der Waals surface area contributed by atoms with Gasteiger partial charge in [0.25, 0.3) is 0 Å². The summed E-state index contributed by atoms with van der Waals surface area (Å²) in [6, 6.07) is 0. The molecular formula is C11H24N2. The van der Waals surface area contributed by atoms with Gasteiger partial charge < -0.3 is 10.6 Å². The maximum absolute atomic E-state index is 3.33. The molecular weight excluding hydrogens is 160 g/mol. The van der Waals surface area contributed by atoms with Crippen molar-refractivity contribution in [2.45, 2.75) is 39.5 Å². The Balaban J connectivity index is 2.91. The molecule has 0 unspecified atom stereocenters. The quantitative estimate of drug-likeness (QED) is 0.326. The van der Waals surface area contributed by atoms with Crippen molar-refractivity contribution in [2.75, 3.05) is 19.8 Å². The van der Waals surface area contributed by atoms with Crippen LogP contribution in [0.3, 0.4) is 0 Å². The molecule has 0 aromatic heterocycles. The second-order valence-corrected chi connectivity index (χ2v) is 3.24. The van der Waals surface area contributed by atoms with E-state index >= 15 is 0 Å². The van der Waals surface area contributed by atoms with E-state index in [1.54, 1.807) is 0 Å². The lowest BCUT2D eigenvalue weighted by Crippen LogP contribution is -2.29. The van der Waals surface area contributed by atoms with Gasteiger partial charge in [0.2, 0.25) is 0 Å². The molecule has 2 nitrogen and oxygen atoms in total. The van der Waals surface area contributed by atoms with E-state index in [4.69, 9.17) is 0 Å². The third-order valence-electron chi connectivity index (χ3n) is 1.84. The molecule has 0 saturated heterocycles. The molecule has 0 amide bonds. The zero-order valence-corrected chi connectivity index (χ0v) is 9.10. The summed E-state index contributed by atoms with van der Waals surface area (Å²) in [4.78, 5) is 0. The van der Waals surface area contributed by atoms with Gasteiger partial charge in [-0.15, -0.1) is 0 Å². The van der Waals surface area contributed by atoms with Gasteiger partial charge in [0.05, 0.1) is 0 Å². The number of nitrogens with one attached hydrogen (secondary N) is 2. The van der Waals surface area contributed by atoms with Gasteiger partial charge in [-0.05, 0) is 19.4 Å². The number of hydrogen-bond acceptors (Lipinski definition) is 2. The Kier molecular flexibility index (Phi) is 11.4. The van der Waals surface area contributed by atoms with E-state index in [0.29, 0.717) is 0 Å². The van der Waals surface area contributed by atoms with Crippen LogP contribution in [-0.4, -0.2) is 19.8 Å². The summed E-state index contributed by atoms with van der Waals surface area (Å²) in [5.41, 5.74) is 0. The highest BCUT2D eigenvalue weighted by Crippen LogP contribution is 1.86. The lowest BCUT2D eigenvalue weighted by Gasteiger charge is -2.03. The second kappa shape index (κ2) is 11.7. The number of unbranched alkanes of at least 4 members (excludes halogenated alkanes) is 2. The summed E-state index contributed by atoms with van der Waals surface area (Å²) in [7, 11) is 0. The first-order valence-electron chi connectivity index (χ1n) is 5.48. The van der Waals surface area contributed by atoms with E-state index in [2.05, 4.69) is 36.6 Å². The van der Waals surface area contributed by atoms with E-state index in [1.165, 1.54) is 25.7 Å². The Morgan fingerprint density at radius 1 is 1.00 bits per heavy atom. The molecule has 0 aromatic carbocycles. The fourth-order valence-electron chi connectivity index (χ4n) is 1.00. The minimum absolute atomic E-state index is 0.927. The normalized spacial score (nSPS) is 11.2. The smallest absolute Gasteiger partial charge is 0.0456 e. The Labute approximate surface area is 82.8 Å². The van der Waals surface area contributed by atoms with Crippen LogP contribution in [0.1, 0.15) is 39.5 Å². The van der Waals surface area contributed by atoms with Crippen molar-refractivity contribution in [3.63, 3.8) is 0 Å². The van der Waals surface area contributed by atoms with Crippen LogP contribution in [0, 0.1) is 0 Å². The summed E-state index contributed by atoms with van der Waals surface area (Å²) in [6.45, 7) is 7.45. The van der Waals surface area contributed by atoms with Crippen molar-refractivity contribution in [3.8, 4) is 0 Å². The predicted molar refractivity (Wildman–Crippen MR) is 59.8 cm³/mol. The van der Waals surface area contributed by atoms with E-state index in [9.17, 15) is 0 Å². The average Bonchev–Trinajstić information content (AvgIpc) is 2.16. The number of hydrogen-bond donors (Lipinski definition) is 2. The van der Waals surface area contributed by atoms with E-state index in [1.807, 2.05) is 0 Å². The third kappa shape index (κ3) is 11.7. The second-order valence-electron chi connectivity index (χ2n) is 3.24. The van der Waals surface area contributed by atoms with Gasteiger partial charge in [-0.1, -0.05) is 38.8 Å².